The number of anilines is 2. The fourth-order valence-electron chi connectivity index (χ4n) is 2.42. The molecule has 0 bridgehead atoms. The number of pyridine rings is 1. The van der Waals surface area contributed by atoms with Crippen molar-refractivity contribution >= 4 is 29.0 Å². The fourth-order valence-corrected chi connectivity index (χ4v) is 2.65. The van der Waals surface area contributed by atoms with E-state index < -0.39 is 0 Å². The number of amides is 1. The molecule has 0 radical (unpaired) electrons. The number of carbonyl (C=O) groups is 1. The number of nitrogens with one attached hydrogen (secondary N) is 1. The van der Waals surface area contributed by atoms with Gasteiger partial charge in [-0.2, -0.15) is 0 Å². The molecule has 0 aliphatic rings. The monoisotopic (exact) mass is 363 g/mol. The number of hydrogen-bond acceptors (Lipinski definition) is 5. The summed E-state index contributed by atoms with van der Waals surface area (Å²) in [6.45, 7) is 5.21. The van der Waals surface area contributed by atoms with Crippen LogP contribution in [0.25, 0.3) is 0 Å². The third-order valence-electron chi connectivity index (χ3n) is 3.79. The van der Waals surface area contributed by atoms with Gasteiger partial charge in [0, 0.05) is 37.0 Å². The maximum Gasteiger partial charge on any atom is 0.254 e. The Morgan fingerprint density at radius 2 is 1.84 bits per heavy atom. The number of methoxy groups -OCH3 is 2. The summed E-state index contributed by atoms with van der Waals surface area (Å²) in [4.78, 5) is 18.5. The largest absolute Gasteiger partial charge is 0.495 e. The Labute approximate surface area is 152 Å². The zero-order chi connectivity index (χ0) is 18.4. The number of rotatable bonds is 7. The van der Waals surface area contributed by atoms with Crippen LogP contribution in [0.1, 0.15) is 24.2 Å². The third kappa shape index (κ3) is 4.33. The van der Waals surface area contributed by atoms with Crippen molar-refractivity contribution < 1.29 is 14.3 Å². The van der Waals surface area contributed by atoms with E-state index in [1.807, 2.05) is 13.8 Å². The molecule has 0 aliphatic heterocycles. The lowest BCUT2D eigenvalue weighted by Gasteiger charge is -2.19. The molecule has 1 aromatic carbocycles. The number of aromatic nitrogens is 1. The minimum atomic E-state index is -0.0314. The molecular weight excluding hydrogens is 342 g/mol. The van der Waals surface area contributed by atoms with Crippen LogP contribution >= 0.6 is 11.6 Å². The van der Waals surface area contributed by atoms with Gasteiger partial charge in [0.15, 0.2) is 0 Å². The van der Waals surface area contributed by atoms with Crippen molar-refractivity contribution in [3.63, 3.8) is 0 Å². The van der Waals surface area contributed by atoms with Crippen LogP contribution < -0.4 is 14.8 Å². The molecule has 1 heterocycles. The van der Waals surface area contributed by atoms with Crippen molar-refractivity contribution in [2.45, 2.75) is 13.8 Å². The average Bonchev–Trinajstić information content (AvgIpc) is 2.63. The lowest BCUT2D eigenvalue weighted by Crippen LogP contribution is -2.30. The second kappa shape index (κ2) is 8.58. The van der Waals surface area contributed by atoms with Gasteiger partial charge in [-0.1, -0.05) is 11.6 Å². The van der Waals surface area contributed by atoms with Crippen LogP contribution in [-0.2, 0) is 0 Å². The Kier molecular flexibility index (Phi) is 6.47. The third-order valence-corrected chi connectivity index (χ3v) is 4.09. The van der Waals surface area contributed by atoms with Crippen molar-refractivity contribution in [2.24, 2.45) is 0 Å². The van der Waals surface area contributed by atoms with E-state index in [1.54, 1.807) is 49.6 Å². The first-order valence-electron chi connectivity index (χ1n) is 7.97. The summed E-state index contributed by atoms with van der Waals surface area (Å²) in [7, 11) is 3.09. The second-order valence-corrected chi connectivity index (χ2v) is 5.63. The minimum absolute atomic E-state index is 0.0314. The summed E-state index contributed by atoms with van der Waals surface area (Å²) in [6, 6.07) is 6.79. The normalized spacial score (nSPS) is 10.3. The van der Waals surface area contributed by atoms with E-state index in [9.17, 15) is 4.79 Å². The van der Waals surface area contributed by atoms with Gasteiger partial charge >= 0.3 is 0 Å². The summed E-state index contributed by atoms with van der Waals surface area (Å²) in [5.74, 6) is 1.56. The molecule has 0 saturated carbocycles. The van der Waals surface area contributed by atoms with Crippen molar-refractivity contribution in [3.05, 3.63) is 41.0 Å². The van der Waals surface area contributed by atoms with E-state index in [4.69, 9.17) is 21.1 Å². The molecule has 1 N–H and O–H groups in total. The number of carbonyl (C=O) groups excluding carboxylic acids is 1. The topological polar surface area (TPSA) is 63.7 Å². The first kappa shape index (κ1) is 18.9. The maximum absolute atomic E-state index is 12.5. The first-order chi connectivity index (χ1) is 12.0. The van der Waals surface area contributed by atoms with Gasteiger partial charge in [0.1, 0.15) is 17.3 Å². The Morgan fingerprint density at radius 1 is 1.16 bits per heavy atom. The number of hydrogen-bond donors (Lipinski definition) is 1. The zero-order valence-electron chi connectivity index (χ0n) is 14.8. The lowest BCUT2D eigenvalue weighted by molar-refractivity contribution is 0.0773. The lowest BCUT2D eigenvalue weighted by atomic mass is 10.2. The molecule has 25 heavy (non-hydrogen) atoms. The highest BCUT2D eigenvalue weighted by Gasteiger charge is 2.15. The van der Waals surface area contributed by atoms with Gasteiger partial charge in [-0.25, -0.2) is 4.98 Å². The van der Waals surface area contributed by atoms with Gasteiger partial charge in [0.2, 0.25) is 0 Å². The Balaban J connectivity index is 2.32. The SMILES string of the molecule is CCN(CC)C(=O)c1ccnc(Nc2cc(OC)c(Cl)cc2OC)c1. The predicted octanol–water partition coefficient (Wildman–Crippen LogP) is 3.98. The summed E-state index contributed by atoms with van der Waals surface area (Å²) in [5.41, 5.74) is 1.21. The molecule has 0 atom stereocenters. The summed E-state index contributed by atoms with van der Waals surface area (Å²) in [6.07, 6.45) is 1.60. The molecule has 0 unspecified atom stereocenters. The minimum Gasteiger partial charge on any atom is -0.495 e. The highest BCUT2D eigenvalue weighted by molar-refractivity contribution is 6.32. The molecule has 6 nitrogen and oxygen atoms in total. The molecule has 0 aliphatic carbocycles. The van der Waals surface area contributed by atoms with E-state index in [0.717, 1.165) is 0 Å². The van der Waals surface area contributed by atoms with Crippen LogP contribution in [0, 0.1) is 0 Å². The number of benzene rings is 1. The predicted molar refractivity (Wildman–Crippen MR) is 99.3 cm³/mol. The standard InChI is InChI=1S/C18H22ClN3O3/c1-5-22(6-2)18(23)12-7-8-20-17(9-12)21-14-11-15(24-3)13(19)10-16(14)25-4/h7-11H,5-6H2,1-4H3,(H,20,21). The zero-order valence-corrected chi connectivity index (χ0v) is 15.6. The molecule has 1 aromatic heterocycles. The fraction of sp³-hybridized carbons (Fsp3) is 0.333. The van der Waals surface area contributed by atoms with Gasteiger partial charge in [-0.15, -0.1) is 0 Å². The van der Waals surface area contributed by atoms with Crippen LogP contribution in [0.3, 0.4) is 0 Å². The molecule has 2 aromatic rings. The van der Waals surface area contributed by atoms with Gasteiger partial charge in [0.25, 0.3) is 5.91 Å². The average molecular weight is 364 g/mol. The van der Waals surface area contributed by atoms with E-state index in [0.29, 0.717) is 46.7 Å². The molecule has 2 rings (SSSR count). The molecule has 134 valence electrons. The van der Waals surface area contributed by atoms with Crippen LogP contribution in [0.4, 0.5) is 11.5 Å². The molecule has 0 spiro atoms. The second-order valence-electron chi connectivity index (χ2n) is 5.22. The van der Waals surface area contributed by atoms with Gasteiger partial charge < -0.3 is 19.7 Å². The molecule has 1 amide bonds. The summed E-state index contributed by atoms with van der Waals surface area (Å²) in [5, 5.41) is 3.60. The van der Waals surface area contributed by atoms with Crippen LogP contribution in [0.15, 0.2) is 30.5 Å². The van der Waals surface area contributed by atoms with E-state index >= 15 is 0 Å². The molecule has 0 saturated heterocycles. The van der Waals surface area contributed by atoms with Crippen LogP contribution in [0.2, 0.25) is 5.02 Å². The van der Waals surface area contributed by atoms with Crippen molar-refractivity contribution in [3.8, 4) is 11.5 Å². The van der Waals surface area contributed by atoms with Crippen molar-refractivity contribution in [2.75, 3.05) is 32.6 Å². The maximum atomic E-state index is 12.5. The Bertz CT molecular complexity index is 748. The highest BCUT2D eigenvalue weighted by Crippen LogP contribution is 2.37. The number of halogens is 1. The molecular formula is C18H22ClN3O3. The van der Waals surface area contributed by atoms with E-state index in [-0.39, 0.29) is 5.91 Å². The Hall–Kier alpha value is -2.47. The summed E-state index contributed by atoms with van der Waals surface area (Å²) >= 11 is 6.12. The molecule has 7 heteroatoms. The highest BCUT2D eigenvalue weighted by atomic mass is 35.5. The smallest absolute Gasteiger partial charge is 0.254 e. The van der Waals surface area contributed by atoms with Crippen LogP contribution in [0.5, 0.6) is 11.5 Å². The summed E-state index contributed by atoms with van der Waals surface area (Å²) < 4.78 is 10.6. The van der Waals surface area contributed by atoms with Gasteiger partial charge in [0.05, 0.1) is 24.9 Å². The van der Waals surface area contributed by atoms with Crippen molar-refractivity contribution in [1.82, 2.24) is 9.88 Å². The molecule has 0 fully saturated rings. The van der Waals surface area contributed by atoms with E-state index in [2.05, 4.69) is 10.3 Å². The quantitative estimate of drug-likeness (QED) is 0.806. The number of ether oxygens (including phenoxy) is 2. The number of nitrogens with zero attached hydrogens (tertiary/aromatic N) is 2. The first-order valence-corrected chi connectivity index (χ1v) is 8.35. The van der Waals surface area contributed by atoms with Gasteiger partial charge in [-0.3, -0.25) is 4.79 Å². The van der Waals surface area contributed by atoms with E-state index in [1.165, 1.54) is 0 Å². The Morgan fingerprint density at radius 3 is 2.44 bits per heavy atom. The van der Waals surface area contributed by atoms with Gasteiger partial charge in [-0.05, 0) is 26.0 Å². The van der Waals surface area contributed by atoms with Crippen molar-refractivity contribution in [1.29, 1.82) is 0 Å². The van der Waals surface area contributed by atoms with Crippen LogP contribution in [-0.4, -0.2) is 43.1 Å².